The summed E-state index contributed by atoms with van der Waals surface area (Å²) < 4.78 is 10.8. The third-order valence-electron chi connectivity index (χ3n) is 3.78. The quantitative estimate of drug-likeness (QED) is 0.677. The number of rotatable bonds is 5. The first kappa shape index (κ1) is 16.0. The molecule has 2 aromatic rings. The number of carbonyl (C=O) groups excluding carboxylic acids is 2. The smallest absolute Gasteiger partial charge is 0.329 e. The molecular formula is C18H18N2O4. The third-order valence-corrected chi connectivity index (χ3v) is 3.78. The Morgan fingerprint density at radius 2 is 1.62 bits per heavy atom. The van der Waals surface area contributed by atoms with Crippen LogP contribution >= 0.6 is 0 Å². The Bertz CT molecular complexity index is 730. The summed E-state index contributed by atoms with van der Waals surface area (Å²) in [6.45, 7) is 1.61. The second-order valence-electron chi connectivity index (χ2n) is 5.43. The molecule has 124 valence electrons. The van der Waals surface area contributed by atoms with E-state index in [1.54, 1.807) is 19.1 Å². The summed E-state index contributed by atoms with van der Waals surface area (Å²) in [4.78, 5) is 24.8. The average Bonchev–Trinajstić information content (AvgIpc) is 2.86. The molecule has 6 heteroatoms. The molecule has 0 aliphatic carbocycles. The predicted molar refractivity (Wildman–Crippen MR) is 88.1 cm³/mol. The van der Waals surface area contributed by atoms with E-state index >= 15 is 0 Å². The van der Waals surface area contributed by atoms with Crippen molar-refractivity contribution < 1.29 is 19.1 Å². The Morgan fingerprint density at radius 1 is 1.00 bits per heavy atom. The van der Waals surface area contributed by atoms with Gasteiger partial charge >= 0.3 is 6.03 Å². The third kappa shape index (κ3) is 3.09. The number of ether oxygens (including phenoxy) is 2. The van der Waals surface area contributed by atoms with Gasteiger partial charge in [0.25, 0.3) is 12.3 Å². The molecule has 3 amide bonds. The minimum atomic E-state index is -1.11. The molecular weight excluding hydrogens is 308 g/mol. The summed E-state index contributed by atoms with van der Waals surface area (Å²) in [5.41, 5.74) is 2.13. The van der Waals surface area contributed by atoms with Crippen LogP contribution in [0.1, 0.15) is 6.92 Å². The fraction of sp³-hybridized carbons (Fsp3) is 0.222. The number of amides is 3. The Balaban J connectivity index is 1.75. The van der Waals surface area contributed by atoms with Gasteiger partial charge in [0.1, 0.15) is 11.8 Å². The van der Waals surface area contributed by atoms with Crippen molar-refractivity contribution in [3.05, 3.63) is 54.6 Å². The van der Waals surface area contributed by atoms with Gasteiger partial charge < -0.3 is 14.8 Å². The molecule has 3 rings (SSSR count). The van der Waals surface area contributed by atoms with Crippen molar-refractivity contribution in [1.29, 1.82) is 0 Å². The first-order valence-corrected chi connectivity index (χ1v) is 7.58. The molecule has 1 fully saturated rings. The summed E-state index contributed by atoms with van der Waals surface area (Å²) in [7, 11) is 1.38. The molecule has 0 radical (unpaired) electrons. The molecule has 2 atom stereocenters. The van der Waals surface area contributed by atoms with Gasteiger partial charge in [-0.05, 0) is 30.2 Å². The van der Waals surface area contributed by atoms with Gasteiger partial charge in [0.15, 0.2) is 0 Å². The molecule has 6 nitrogen and oxygen atoms in total. The highest BCUT2D eigenvalue weighted by Crippen LogP contribution is 2.23. The van der Waals surface area contributed by atoms with E-state index in [4.69, 9.17) is 9.47 Å². The van der Waals surface area contributed by atoms with E-state index in [1.807, 2.05) is 42.5 Å². The van der Waals surface area contributed by atoms with E-state index in [0.29, 0.717) is 5.75 Å². The van der Waals surface area contributed by atoms with Crippen LogP contribution < -0.4 is 10.1 Å². The maximum Gasteiger partial charge on any atom is 0.329 e. The van der Waals surface area contributed by atoms with Crippen LogP contribution in [0.25, 0.3) is 11.1 Å². The van der Waals surface area contributed by atoms with Crippen LogP contribution in [0.5, 0.6) is 5.75 Å². The van der Waals surface area contributed by atoms with E-state index in [1.165, 1.54) is 7.11 Å². The van der Waals surface area contributed by atoms with E-state index < -0.39 is 18.5 Å². The number of nitrogens with one attached hydrogen (secondary N) is 1. The number of benzene rings is 2. The van der Waals surface area contributed by atoms with Gasteiger partial charge in [0, 0.05) is 7.11 Å². The second kappa shape index (κ2) is 6.72. The van der Waals surface area contributed by atoms with Crippen LogP contribution in [-0.2, 0) is 9.53 Å². The fourth-order valence-electron chi connectivity index (χ4n) is 2.50. The zero-order valence-electron chi connectivity index (χ0n) is 13.4. The van der Waals surface area contributed by atoms with Crippen molar-refractivity contribution in [2.75, 3.05) is 7.11 Å². The fourth-order valence-corrected chi connectivity index (χ4v) is 2.50. The SMILES string of the molecule is COC(Oc1ccc(-c2ccccc2)cc1)N1C(=O)NC(C)C1=O. The van der Waals surface area contributed by atoms with Gasteiger partial charge in [-0.3, -0.25) is 4.79 Å². The number of hydrogen-bond acceptors (Lipinski definition) is 4. The lowest BCUT2D eigenvalue weighted by molar-refractivity contribution is -0.161. The molecule has 1 heterocycles. The monoisotopic (exact) mass is 326 g/mol. The van der Waals surface area contributed by atoms with Gasteiger partial charge in [-0.15, -0.1) is 0 Å². The van der Waals surface area contributed by atoms with Crippen molar-refractivity contribution in [2.45, 2.75) is 19.4 Å². The van der Waals surface area contributed by atoms with Gasteiger partial charge in [-0.2, -0.15) is 4.90 Å². The molecule has 24 heavy (non-hydrogen) atoms. The number of imide groups is 1. The standard InChI is InChI=1S/C18H18N2O4/c1-12-16(21)20(17(22)19-12)18(23-2)24-15-10-8-14(9-11-15)13-6-4-3-5-7-13/h3-12,18H,1-2H3,(H,19,22). The summed E-state index contributed by atoms with van der Waals surface area (Å²) in [6.07, 6.45) is -1.11. The number of methoxy groups -OCH3 is 1. The summed E-state index contributed by atoms with van der Waals surface area (Å²) in [5.74, 6) is 0.120. The molecule has 2 aromatic carbocycles. The zero-order valence-corrected chi connectivity index (χ0v) is 13.4. The maximum absolute atomic E-state index is 12.0. The van der Waals surface area contributed by atoms with Crippen LogP contribution in [0.3, 0.4) is 0 Å². The van der Waals surface area contributed by atoms with Crippen LogP contribution in [0, 0.1) is 0 Å². The molecule has 0 bridgehead atoms. The lowest BCUT2D eigenvalue weighted by atomic mass is 10.1. The molecule has 1 saturated heterocycles. The molecule has 0 saturated carbocycles. The van der Waals surface area contributed by atoms with Crippen molar-refractivity contribution in [1.82, 2.24) is 10.2 Å². The van der Waals surface area contributed by atoms with E-state index in [0.717, 1.165) is 16.0 Å². The normalized spacial score (nSPS) is 18.4. The van der Waals surface area contributed by atoms with E-state index in [-0.39, 0.29) is 5.91 Å². The highest BCUT2D eigenvalue weighted by Gasteiger charge is 2.41. The van der Waals surface area contributed by atoms with Gasteiger partial charge in [-0.1, -0.05) is 42.5 Å². The first-order valence-electron chi connectivity index (χ1n) is 7.58. The maximum atomic E-state index is 12.0. The number of carbonyl (C=O) groups is 2. The predicted octanol–water partition coefficient (Wildman–Crippen LogP) is 2.60. The Kier molecular flexibility index (Phi) is 4.48. The van der Waals surface area contributed by atoms with Crippen LogP contribution in [0.2, 0.25) is 0 Å². The highest BCUT2D eigenvalue weighted by atomic mass is 16.7. The molecule has 1 aliphatic heterocycles. The Morgan fingerprint density at radius 3 is 2.17 bits per heavy atom. The minimum absolute atomic E-state index is 0.382. The topological polar surface area (TPSA) is 67.9 Å². The Hall–Kier alpha value is -2.86. The van der Waals surface area contributed by atoms with E-state index in [2.05, 4.69) is 5.32 Å². The molecule has 1 N–H and O–H groups in total. The lowest BCUT2D eigenvalue weighted by Crippen LogP contribution is -2.45. The average molecular weight is 326 g/mol. The first-order chi connectivity index (χ1) is 11.6. The minimum Gasteiger partial charge on any atom is -0.446 e. The van der Waals surface area contributed by atoms with Crippen LogP contribution in [0.4, 0.5) is 4.79 Å². The van der Waals surface area contributed by atoms with E-state index in [9.17, 15) is 9.59 Å². The van der Waals surface area contributed by atoms with Crippen molar-refractivity contribution >= 4 is 11.9 Å². The number of hydrogen-bond donors (Lipinski definition) is 1. The zero-order chi connectivity index (χ0) is 17.1. The van der Waals surface area contributed by atoms with Crippen LogP contribution in [0.15, 0.2) is 54.6 Å². The molecule has 2 unspecified atom stereocenters. The van der Waals surface area contributed by atoms with Crippen molar-refractivity contribution in [2.24, 2.45) is 0 Å². The van der Waals surface area contributed by atoms with Gasteiger partial charge in [0.05, 0.1) is 0 Å². The molecule has 1 aliphatic rings. The second-order valence-corrected chi connectivity index (χ2v) is 5.43. The summed E-state index contributed by atoms with van der Waals surface area (Å²) >= 11 is 0. The number of urea groups is 1. The van der Waals surface area contributed by atoms with Crippen molar-refractivity contribution in [3.8, 4) is 16.9 Å². The largest absolute Gasteiger partial charge is 0.446 e. The summed E-state index contributed by atoms with van der Waals surface area (Å²) in [6, 6.07) is 16.2. The summed E-state index contributed by atoms with van der Waals surface area (Å²) in [5, 5.41) is 2.53. The van der Waals surface area contributed by atoms with Crippen molar-refractivity contribution in [3.63, 3.8) is 0 Å². The molecule has 0 spiro atoms. The van der Waals surface area contributed by atoms with Crippen LogP contribution in [-0.4, -0.2) is 36.4 Å². The number of nitrogens with zero attached hydrogens (tertiary/aromatic N) is 1. The van der Waals surface area contributed by atoms with Gasteiger partial charge in [0.2, 0.25) is 0 Å². The lowest BCUT2D eigenvalue weighted by Gasteiger charge is -2.24. The van der Waals surface area contributed by atoms with Gasteiger partial charge in [-0.25, -0.2) is 4.79 Å². The molecule has 0 aromatic heterocycles. The Labute approximate surface area is 140 Å². The highest BCUT2D eigenvalue weighted by molar-refractivity contribution is 6.04.